The summed E-state index contributed by atoms with van der Waals surface area (Å²) in [5, 5.41) is 3.67. The van der Waals surface area contributed by atoms with Crippen LogP contribution in [-0.2, 0) is 9.84 Å². The average molecular weight is 273 g/mol. The lowest BCUT2D eigenvalue weighted by Crippen LogP contribution is -2.40. The Balaban J connectivity index is 2.01. The molecule has 0 bridgehead atoms. The minimum atomic E-state index is -2.73. The number of hydrogen-bond donors (Lipinski definition) is 1. The smallest absolute Gasteiger partial charge is 0.150 e. The van der Waals surface area contributed by atoms with Crippen molar-refractivity contribution in [3.8, 4) is 0 Å². The van der Waals surface area contributed by atoms with Crippen molar-refractivity contribution in [1.82, 2.24) is 5.32 Å². The Morgan fingerprint density at radius 2 is 1.89 bits per heavy atom. The Morgan fingerprint density at radius 1 is 1.11 bits per heavy atom. The van der Waals surface area contributed by atoms with Crippen LogP contribution in [0.4, 0.5) is 0 Å². The Kier molecular flexibility index (Phi) is 5.07. The molecule has 1 N–H and O–H groups in total. The lowest BCUT2D eigenvalue weighted by Gasteiger charge is -2.30. The predicted octanol–water partition coefficient (Wildman–Crippen LogP) is 2.37. The molecule has 3 nitrogen and oxygen atoms in total. The van der Waals surface area contributed by atoms with E-state index in [0.29, 0.717) is 29.4 Å². The Morgan fingerprint density at radius 3 is 2.56 bits per heavy atom. The molecule has 1 aliphatic carbocycles. The molecule has 106 valence electrons. The van der Waals surface area contributed by atoms with Crippen LogP contribution in [-0.4, -0.2) is 32.5 Å². The summed E-state index contributed by atoms with van der Waals surface area (Å²) in [6.07, 6.45) is 8.43. The van der Waals surface area contributed by atoms with Crippen molar-refractivity contribution in [2.45, 2.75) is 57.9 Å². The van der Waals surface area contributed by atoms with Crippen molar-refractivity contribution in [2.75, 3.05) is 18.1 Å². The quantitative estimate of drug-likeness (QED) is 0.800. The fourth-order valence-corrected chi connectivity index (χ4v) is 5.54. The van der Waals surface area contributed by atoms with Gasteiger partial charge in [-0.2, -0.15) is 0 Å². The molecule has 0 aromatic rings. The third kappa shape index (κ3) is 3.70. The van der Waals surface area contributed by atoms with Crippen LogP contribution >= 0.6 is 0 Å². The highest BCUT2D eigenvalue weighted by molar-refractivity contribution is 7.91. The predicted molar refractivity (Wildman–Crippen MR) is 75.4 cm³/mol. The van der Waals surface area contributed by atoms with Crippen LogP contribution in [0.5, 0.6) is 0 Å². The molecule has 1 aliphatic heterocycles. The van der Waals surface area contributed by atoms with Crippen molar-refractivity contribution in [3.63, 3.8) is 0 Å². The van der Waals surface area contributed by atoms with Gasteiger partial charge in [0.2, 0.25) is 0 Å². The van der Waals surface area contributed by atoms with E-state index < -0.39 is 9.84 Å². The molecule has 18 heavy (non-hydrogen) atoms. The molecule has 4 heteroatoms. The summed E-state index contributed by atoms with van der Waals surface area (Å²) in [6.45, 7) is 3.26. The van der Waals surface area contributed by atoms with E-state index in [0.717, 1.165) is 19.4 Å². The monoisotopic (exact) mass is 273 g/mol. The van der Waals surface area contributed by atoms with Crippen LogP contribution in [0.15, 0.2) is 0 Å². The van der Waals surface area contributed by atoms with Gasteiger partial charge in [-0.25, -0.2) is 8.42 Å². The SMILES string of the molecule is CCCNC1CCCCCC1C1CCS(=O)(=O)C1. The molecule has 1 heterocycles. The molecule has 1 saturated heterocycles. The summed E-state index contributed by atoms with van der Waals surface area (Å²) >= 11 is 0. The van der Waals surface area contributed by atoms with E-state index in [1.165, 1.54) is 32.1 Å². The minimum absolute atomic E-state index is 0.419. The van der Waals surface area contributed by atoms with Gasteiger partial charge in [-0.15, -0.1) is 0 Å². The minimum Gasteiger partial charge on any atom is -0.314 e. The zero-order chi connectivity index (χ0) is 13.0. The Labute approximate surface area is 112 Å². The first-order valence-electron chi connectivity index (χ1n) is 7.56. The highest BCUT2D eigenvalue weighted by atomic mass is 32.2. The number of nitrogens with one attached hydrogen (secondary N) is 1. The first kappa shape index (κ1) is 14.3. The van der Waals surface area contributed by atoms with Crippen molar-refractivity contribution < 1.29 is 8.42 Å². The molecule has 0 spiro atoms. The lowest BCUT2D eigenvalue weighted by atomic mass is 9.82. The first-order valence-corrected chi connectivity index (χ1v) is 9.38. The molecular weight excluding hydrogens is 246 g/mol. The first-order chi connectivity index (χ1) is 8.62. The normalized spacial score (nSPS) is 36.4. The molecule has 3 unspecified atom stereocenters. The van der Waals surface area contributed by atoms with E-state index in [9.17, 15) is 8.42 Å². The third-order valence-corrected chi connectivity index (χ3v) is 6.39. The zero-order valence-corrected chi connectivity index (χ0v) is 12.3. The molecule has 0 aromatic carbocycles. The van der Waals surface area contributed by atoms with Crippen molar-refractivity contribution in [3.05, 3.63) is 0 Å². The fraction of sp³-hybridized carbons (Fsp3) is 1.00. The second-order valence-electron chi connectivity index (χ2n) is 6.03. The molecule has 2 rings (SSSR count). The fourth-order valence-electron chi connectivity index (χ4n) is 3.65. The van der Waals surface area contributed by atoms with E-state index in [1.54, 1.807) is 0 Å². The van der Waals surface area contributed by atoms with E-state index in [2.05, 4.69) is 12.2 Å². The van der Waals surface area contributed by atoms with Crippen LogP contribution in [0.2, 0.25) is 0 Å². The topological polar surface area (TPSA) is 46.2 Å². The highest BCUT2D eigenvalue weighted by Crippen LogP contribution is 2.35. The van der Waals surface area contributed by atoms with Gasteiger partial charge in [-0.05, 0) is 44.1 Å². The molecule has 2 aliphatic rings. The Hall–Kier alpha value is -0.0900. The highest BCUT2D eigenvalue weighted by Gasteiger charge is 2.37. The molecule has 3 atom stereocenters. The zero-order valence-electron chi connectivity index (χ0n) is 11.5. The summed E-state index contributed by atoms with van der Waals surface area (Å²) in [5.41, 5.74) is 0. The summed E-state index contributed by atoms with van der Waals surface area (Å²) in [5.74, 6) is 1.88. The van der Waals surface area contributed by atoms with Crippen molar-refractivity contribution in [1.29, 1.82) is 0 Å². The van der Waals surface area contributed by atoms with Crippen LogP contribution in [0.1, 0.15) is 51.9 Å². The number of rotatable bonds is 4. The summed E-state index contributed by atoms with van der Waals surface area (Å²) < 4.78 is 23.3. The molecule has 1 saturated carbocycles. The van der Waals surface area contributed by atoms with Gasteiger partial charge in [0.1, 0.15) is 0 Å². The summed E-state index contributed by atoms with van der Waals surface area (Å²) in [6, 6.07) is 0.561. The summed E-state index contributed by atoms with van der Waals surface area (Å²) in [7, 11) is -2.73. The van der Waals surface area contributed by atoms with Crippen LogP contribution in [0.3, 0.4) is 0 Å². The molecule has 0 amide bonds. The van der Waals surface area contributed by atoms with Gasteiger partial charge in [-0.3, -0.25) is 0 Å². The standard InChI is InChI=1S/C14H27NO2S/c1-2-9-15-14-7-5-3-4-6-13(14)12-8-10-18(16,17)11-12/h12-15H,2-11H2,1H3. The maximum Gasteiger partial charge on any atom is 0.150 e. The van der Waals surface area contributed by atoms with E-state index in [-0.39, 0.29) is 0 Å². The van der Waals surface area contributed by atoms with Gasteiger partial charge in [0.15, 0.2) is 9.84 Å². The van der Waals surface area contributed by atoms with Crippen molar-refractivity contribution in [2.24, 2.45) is 11.8 Å². The van der Waals surface area contributed by atoms with Gasteiger partial charge in [0.05, 0.1) is 11.5 Å². The second-order valence-corrected chi connectivity index (χ2v) is 8.25. The number of sulfone groups is 1. The van der Waals surface area contributed by atoms with E-state index in [1.807, 2.05) is 0 Å². The van der Waals surface area contributed by atoms with Crippen molar-refractivity contribution >= 4 is 9.84 Å². The molecule has 2 fully saturated rings. The average Bonchev–Trinajstić information content (AvgIpc) is 2.56. The molecule has 0 radical (unpaired) electrons. The van der Waals surface area contributed by atoms with Gasteiger partial charge >= 0.3 is 0 Å². The second kappa shape index (κ2) is 6.38. The van der Waals surface area contributed by atoms with Gasteiger partial charge in [0.25, 0.3) is 0 Å². The lowest BCUT2D eigenvalue weighted by molar-refractivity contribution is 0.251. The Bertz CT molecular complexity index is 353. The van der Waals surface area contributed by atoms with Gasteiger partial charge in [-0.1, -0.05) is 26.2 Å². The molecule has 0 aromatic heterocycles. The maximum absolute atomic E-state index is 11.7. The van der Waals surface area contributed by atoms with Gasteiger partial charge in [0, 0.05) is 6.04 Å². The summed E-state index contributed by atoms with van der Waals surface area (Å²) in [4.78, 5) is 0. The third-order valence-electron chi connectivity index (χ3n) is 4.60. The van der Waals surface area contributed by atoms with Crippen LogP contribution in [0.25, 0.3) is 0 Å². The van der Waals surface area contributed by atoms with Gasteiger partial charge < -0.3 is 5.32 Å². The maximum atomic E-state index is 11.7. The van der Waals surface area contributed by atoms with Crippen LogP contribution < -0.4 is 5.32 Å². The molecular formula is C14H27NO2S. The largest absolute Gasteiger partial charge is 0.314 e. The number of hydrogen-bond acceptors (Lipinski definition) is 3. The van der Waals surface area contributed by atoms with E-state index in [4.69, 9.17) is 0 Å². The van der Waals surface area contributed by atoms with Crippen LogP contribution in [0, 0.1) is 11.8 Å². The van der Waals surface area contributed by atoms with E-state index >= 15 is 0 Å².